The van der Waals surface area contributed by atoms with Gasteiger partial charge < -0.3 is 24.3 Å². The number of methoxy groups -OCH3 is 4. The Morgan fingerprint density at radius 3 is 2.25 bits per heavy atom. The summed E-state index contributed by atoms with van der Waals surface area (Å²) in [5, 5.41) is 3.48. The van der Waals surface area contributed by atoms with Gasteiger partial charge in [0.05, 0.1) is 34.5 Å². The van der Waals surface area contributed by atoms with Crippen molar-refractivity contribution in [3.8, 4) is 23.0 Å². The van der Waals surface area contributed by atoms with Crippen LogP contribution in [0.25, 0.3) is 0 Å². The molecule has 1 saturated heterocycles. The first-order valence-electron chi connectivity index (χ1n) is 9.60. The standard InChI is InChI=1S/C22H30N2O4/c1-25-17-7-9-19(26-2)18(15-17)22(24-12-5-10-23-11-13-24)16-6-8-20(27-3)21(14-16)28-4/h6-9,14-15,22-23H,5,10-13H2,1-4H3. The molecule has 152 valence electrons. The second-order valence-corrected chi connectivity index (χ2v) is 6.76. The zero-order valence-corrected chi connectivity index (χ0v) is 17.2. The van der Waals surface area contributed by atoms with Gasteiger partial charge in [-0.3, -0.25) is 4.90 Å². The quantitative estimate of drug-likeness (QED) is 0.789. The largest absolute Gasteiger partial charge is 0.497 e. The number of hydrogen-bond donors (Lipinski definition) is 1. The lowest BCUT2D eigenvalue weighted by atomic mass is 9.95. The summed E-state index contributed by atoms with van der Waals surface area (Å²) in [7, 11) is 6.72. The molecule has 1 N–H and O–H groups in total. The van der Waals surface area contributed by atoms with Crippen molar-refractivity contribution in [2.75, 3.05) is 54.6 Å². The van der Waals surface area contributed by atoms with Crippen LogP contribution in [0.2, 0.25) is 0 Å². The van der Waals surface area contributed by atoms with E-state index >= 15 is 0 Å². The molecule has 1 atom stereocenters. The summed E-state index contributed by atoms with van der Waals surface area (Å²) >= 11 is 0. The molecule has 0 spiro atoms. The third-order valence-corrected chi connectivity index (χ3v) is 5.19. The first kappa shape index (κ1) is 20.3. The molecule has 1 fully saturated rings. The highest BCUT2D eigenvalue weighted by Gasteiger charge is 2.27. The lowest BCUT2D eigenvalue weighted by Crippen LogP contribution is -2.33. The third-order valence-electron chi connectivity index (χ3n) is 5.19. The van der Waals surface area contributed by atoms with E-state index in [1.807, 2.05) is 18.2 Å². The molecule has 1 unspecified atom stereocenters. The van der Waals surface area contributed by atoms with Gasteiger partial charge in [0.2, 0.25) is 0 Å². The molecule has 0 amide bonds. The smallest absolute Gasteiger partial charge is 0.161 e. The Bertz CT molecular complexity index is 773. The molecule has 6 nitrogen and oxygen atoms in total. The highest BCUT2D eigenvalue weighted by Crippen LogP contribution is 2.40. The van der Waals surface area contributed by atoms with Crippen molar-refractivity contribution in [1.82, 2.24) is 10.2 Å². The number of benzene rings is 2. The summed E-state index contributed by atoms with van der Waals surface area (Å²) in [5.74, 6) is 3.10. The second-order valence-electron chi connectivity index (χ2n) is 6.76. The zero-order chi connectivity index (χ0) is 19.9. The number of nitrogens with one attached hydrogen (secondary N) is 1. The van der Waals surface area contributed by atoms with Gasteiger partial charge in [-0.05, 0) is 48.9 Å². The van der Waals surface area contributed by atoms with Gasteiger partial charge in [0.25, 0.3) is 0 Å². The minimum absolute atomic E-state index is 0.0183. The van der Waals surface area contributed by atoms with E-state index in [1.165, 1.54) is 0 Å². The van der Waals surface area contributed by atoms with E-state index in [2.05, 4.69) is 28.4 Å². The van der Waals surface area contributed by atoms with Crippen LogP contribution in [0.1, 0.15) is 23.6 Å². The lowest BCUT2D eigenvalue weighted by Gasteiger charge is -2.32. The predicted molar refractivity (Wildman–Crippen MR) is 110 cm³/mol. The van der Waals surface area contributed by atoms with E-state index < -0.39 is 0 Å². The van der Waals surface area contributed by atoms with Crippen LogP contribution in [0.15, 0.2) is 36.4 Å². The third kappa shape index (κ3) is 4.34. The molecule has 0 aliphatic carbocycles. The van der Waals surface area contributed by atoms with Gasteiger partial charge in [-0.25, -0.2) is 0 Å². The summed E-state index contributed by atoms with van der Waals surface area (Å²) in [6.07, 6.45) is 1.09. The van der Waals surface area contributed by atoms with Crippen LogP contribution in [-0.4, -0.2) is 59.5 Å². The first-order chi connectivity index (χ1) is 13.7. The average molecular weight is 386 g/mol. The highest BCUT2D eigenvalue weighted by atomic mass is 16.5. The first-order valence-corrected chi connectivity index (χ1v) is 9.60. The van der Waals surface area contributed by atoms with Crippen molar-refractivity contribution >= 4 is 0 Å². The van der Waals surface area contributed by atoms with Crippen LogP contribution in [0.4, 0.5) is 0 Å². The topological polar surface area (TPSA) is 52.2 Å². The van der Waals surface area contributed by atoms with Gasteiger partial charge in [-0.1, -0.05) is 6.07 Å². The van der Waals surface area contributed by atoms with E-state index in [0.29, 0.717) is 0 Å². The van der Waals surface area contributed by atoms with Crippen LogP contribution in [0, 0.1) is 0 Å². The van der Waals surface area contributed by atoms with Gasteiger partial charge in [-0.15, -0.1) is 0 Å². The number of hydrogen-bond acceptors (Lipinski definition) is 6. The molecule has 6 heteroatoms. The Balaban J connectivity index is 2.13. The lowest BCUT2D eigenvalue weighted by molar-refractivity contribution is 0.235. The molecule has 0 saturated carbocycles. The van der Waals surface area contributed by atoms with E-state index in [-0.39, 0.29) is 6.04 Å². The van der Waals surface area contributed by atoms with Crippen molar-refractivity contribution < 1.29 is 18.9 Å². The van der Waals surface area contributed by atoms with Crippen LogP contribution in [0.5, 0.6) is 23.0 Å². The van der Waals surface area contributed by atoms with Crippen LogP contribution < -0.4 is 24.3 Å². The molecule has 0 radical (unpaired) electrons. The van der Waals surface area contributed by atoms with Gasteiger partial charge in [0, 0.05) is 25.2 Å². The molecule has 0 bridgehead atoms. The minimum atomic E-state index is 0.0183. The fraction of sp³-hybridized carbons (Fsp3) is 0.455. The summed E-state index contributed by atoms with van der Waals surface area (Å²) in [5.41, 5.74) is 2.21. The van der Waals surface area contributed by atoms with Gasteiger partial charge in [0.1, 0.15) is 11.5 Å². The van der Waals surface area contributed by atoms with Crippen LogP contribution >= 0.6 is 0 Å². The normalized spacial score (nSPS) is 16.1. The zero-order valence-electron chi connectivity index (χ0n) is 17.2. The maximum atomic E-state index is 5.72. The molecule has 1 aliphatic rings. The maximum absolute atomic E-state index is 5.72. The molecule has 3 rings (SSSR count). The molecule has 0 aromatic heterocycles. The fourth-order valence-electron chi connectivity index (χ4n) is 3.79. The Hall–Kier alpha value is -2.44. The van der Waals surface area contributed by atoms with Crippen LogP contribution in [-0.2, 0) is 0 Å². The van der Waals surface area contributed by atoms with Crippen molar-refractivity contribution in [2.45, 2.75) is 12.5 Å². The SMILES string of the molecule is COc1ccc(OC)c(C(c2ccc(OC)c(OC)c2)N2CCCNCC2)c1. The Morgan fingerprint density at radius 2 is 1.54 bits per heavy atom. The number of nitrogens with zero attached hydrogens (tertiary/aromatic N) is 1. The molecular formula is C22H30N2O4. The van der Waals surface area contributed by atoms with Gasteiger partial charge >= 0.3 is 0 Å². The predicted octanol–water partition coefficient (Wildman–Crippen LogP) is 3.11. The Morgan fingerprint density at radius 1 is 0.786 bits per heavy atom. The van der Waals surface area contributed by atoms with Crippen molar-refractivity contribution in [2.24, 2.45) is 0 Å². The number of ether oxygens (including phenoxy) is 4. The summed E-state index contributed by atoms with van der Waals surface area (Å²) in [6.45, 7) is 3.92. The second kappa shape index (κ2) is 9.66. The van der Waals surface area contributed by atoms with E-state index in [0.717, 1.165) is 66.7 Å². The van der Waals surface area contributed by atoms with Gasteiger partial charge in [0.15, 0.2) is 11.5 Å². The summed E-state index contributed by atoms with van der Waals surface area (Å²) < 4.78 is 22.2. The van der Waals surface area contributed by atoms with Crippen LogP contribution in [0.3, 0.4) is 0 Å². The molecular weight excluding hydrogens is 356 g/mol. The number of rotatable bonds is 7. The Kier molecular flexibility index (Phi) is 7.01. The minimum Gasteiger partial charge on any atom is -0.497 e. The molecule has 1 aliphatic heterocycles. The van der Waals surface area contributed by atoms with Crippen molar-refractivity contribution in [1.29, 1.82) is 0 Å². The fourth-order valence-corrected chi connectivity index (χ4v) is 3.79. The monoisotopic (exact) mass is 386 g/mol. The van der Waals surface area contributed by atoms with Gasteiger partial charge in [-0.2, -0.15) is 0 Å². The molecule has 2 aromatic carbocycles. The van der Waals surface area contributed by atoms with E-state index in [4.69, 9.17) is 18.9 Å². The molecule has 28 heavy (non-hydrogen) atoms. The Labute approximate surface area is 167 Å². The highest BCUT2D eigenvalue weighted by molar-refractivity contribution is 5.50. The average Bonchev–Trinajstić information content (AvgIpc) is 3.03. The van der Waals surface area contributed by atoms with E-state index in [9.17, 15) is 0 Å². The van der Waals surface area contributed by atoms with Crippen molar-refractivity contribution in [3.05, 3.63) is 47.5 Å². The molecule has 1 heterocycles. The molecule has 2 aromatic rings. The summed E-state index contributed by atoms with van der Waals surface area (Å²) in [6, 6.07) is 12.1. The maximum Gasteiger partial charge on any atom is 0.161 e. The van der Waals surface area contributed by atoms with Crippen molar-refractivity contribution in [3.63, 3.8) is 0 Å². The summed E-state index contributed by atoms with van der Waals surface area (Å²) in [4.78, 5) is 2.48. The van der Waals surface area contributed by atoms with E-state index in [1.54, 1.807) is 28.4 Å².